The maximum atomic E-state index is 14.5. The molecule has 1 unspecified atom stereocenters. The standard InChI is InChI=1S/C19H18BrFN2O3/c20-15-8-10-16(11-9-15)23(21)18(24)17-7-4-12-22(17)19(25)26-13-14-5-2-1-3-6-14/h1-3,5-6,8-11,17H,4,7,12-13H2. The van der Waals surface area contributed by atoms with E-state index in [9.17, 15) is 14.1 Å². The van der Waals surface area contributed by atoms with Crippen molar-refractivity contribution in [3.8, 4) is 0 Å². The number of carbonyl (C=O) groups excluding carboxylic acids is 2. The Morgan fingerprint density at radius 1 is 1.15 bits per heavy atom. The van der Waals surface area contributed by atoms with Crippen LogP contribution in [-0.4, -0.2) is 29.5 Å². The van der Waals surface area contributed by atoms with Crippen LogP contribution in [0.2, 0.25) is 0 Å². The second kappa shape index (κ2) is 8.31. The molecule has 1 fully saturated rings. The van der Waals surface area contributed by atoms with E-state index in [0.717, 1.165) is 10.0 Å². The number of amides is 2. The molecule has 0 spiro atoms. The van der Waals surface area contributed by atoms with Gasteiger partial charge in [-0.05, 0) is 42.7 Å². The van der Waals surface area contributed by atoms with Crippen molar-refractivity contribution in [2.45, 2.75) is 25.5 Å². The summed E-state index contributed by atoms with van der Waals surface area (Å²) in [6, 6.07) is 14.7. The fourth-order valence-electron chi connectivity index (χ4n) is 2.87. The summed E-state index contributed by atoms with van der Waals surface area (Å²) in [4.78, 5) is 26.2. The van der Waals surface area contributed by atoms with Gasteiger partial charge in [-0.15, -0.1) is 5.12 Å². The van der Waals surface area contributed by atoms with E-state index in [4.69, 9.17) is 4.74 Å². The Morgan fingerprint density at radius 2 is 1.85 bits per heavy atom. The molecular formula is C19H18BrFN2O3. The Kier molecular flexibility index (Phi) is 5.88. The maximum absolute atomic E-state index is 14.5. The first-order valence-electron chi connectivity index (χ1n) is 8.29. The summed E-state index contributed by atoms with van der Waals surface area (Å²) < 4.78 is 20.6. The molecule has 1 aliphatic heterocycles. The molecule has 1 heterocycles. The Morgan fingerprint density at radius 3 is 2.54 bits per heavy atom. The van der Waals surface area contributed by atoms with E-state index < -0.39 is 18.0 Å². The van der Waals surface area contributed by atoms with Crippen LogP contribution in [0.1, 0.15) is 18.4 Å². The molecule has 0 aliphatic carbocycles. The van der Waals surface area contributed by atoms with Crippen LogP contribution in [0.4, 0.5) is 15.0 Å². The lowest BCUT2D eigenvalue weighted by molar-refractivity contribution is -0.125. The lowest BCUT2D eigenvalue weighted by Crippen LogP contribution is -2.45. The third-order valence-corrected chi connectivity index (χ3v) is 4.75. The molecule has 136 valence electrons. The summed E-state index contributed by atoms with van der Waals surface area (Å²) in [5.74, 6) is -0.763. The first kappa shape index (κ1) is 18.4. The molecule has 26 heavy (non-hydrogen) atoms. The number of nitrogens with zero attached hydrogens (tertiary/aromatic N) is 2. The largest absolute Gasteiger partial charge is 0.445 e. The summed E-state index contributed by atoms with van der Waals surface area (Å²) in [7, 11) is 0. The molecule has 1 saturated heterocycles. The number of carbonyl (C=O) groups is 2. The van der Waals surface area contributed by atoms with Gasteiger partial charge in [0.25, 0.3) is 5.91 Å². The minimum absolute atomic E-state index is 0.0971. The SMILES string of the molecule is O=C(C1CCCN1C(=O)OCc1ccccc1)N(F)c1ccc(Br)cc1. The Bertz CT molecular complexity index is 770. The van der Waals surface area contributed by atoms with Crippen molar-refractivity contribution in [1.29, 1.82) is 0 Å². The molecule has 0 radical (unpaired) electrons. The van der Waals surface area contributed by atoms with E-state index in [1.54, 1.807) is 12.1 Å². The van der Waals surface area contributed by atoms with Crippen LogP contribution < -0.4 is 5.12 Å². The van der Waals surface area contributed by atoms with Crippen molar-refractivity contribution in [2.24, 2.45) is 0 Å². The zero-order valence-corrected chi connectivity index (χ0v) is 15.6. The molecule has 1 atom stereocenters. The van der Waals surface area contributed by atoms with Gasteiger partial charge >= 0.3 is 6.09 Å². The van der Waals surface area contributed by atoms with E-state index in [1.165, 1.54) is 17.0 Å². The molecule has 0 bridgehead atoms. The fourth-order valence-corrected chi connectivity index (χ4v) is 3.14. The summed E-state index contributed by atoms with van der Waals surface area (Å²) >= 11 is 3.27. The van der Waals surface area contributed by atoms with Gasteiger partial charge in [-0.1, -0.05) is 50.7 Å². The van der Waals surface area contributed by atoms with Crippen LogP contribution in [0.3, 0.4) is 0 Å². The van der Waals surface area contributed by atoms with Gasteiger partial charge in [0.1, 0.15) is 12.6 Å². The highest BCUT2D eigenvalue weighted by atomic mass is 79.9. The number of anilines is 1. The number of hydrogen-bond acceptors (Lipinski definition) is 3. The second-order valence-corrected chi connectivity index (χ2v) is 6.90. The van der Waals surface area contributed by atoms with Crippen LogP contribution >= 0.6 is 15.9 Å². The number of benzene rings is 2. The summed E-state index contributed by atoms with van der Waals surface area (Å²) in [6.07, 6.45) is 0.440. The van der Waals surface area contributed by atoms with Crippen LogP contribution in [0.5, 0.6) is 0 Å². The van der Waals surface area contributed by atoms with Crippen molar-refractivity contribution in [3.05, 3.63) is 64.6 Å². The van der Waals surface area contributed by atoms with Crippen molar-refractivity contribution >= 4 is 33.6 Å². The molecule has 0 saturated carbocycles. The number of likely N-dealkylation sites (tertiary alicyclic amines) is 1. The minimum atomic E-state index is -0.855. The second-order valence-electron chi connectivity index (χ2n) is 5.99. The van der Waals surface area contributed by atoms with E-state index >= 15 is 0 Å². The summed E-state index contributed by atoms with van der Waals surface area (Å²) in [6.45, 7) is 0.487. The smallest absolute Gasteiger partial charge is 0.410 e. The first-order valence-corrected chi connectivity index (χ1v) is 9.08. The van der Waals surface area contributed by atoms with Gasteiger partial charge in [-0.3, -0.25) is 9.69 Å². The lowest BCUT2D eigenvalue weighted by Gasteiger charge is -2.25. The van der Waals surface area contributed by atoms with Gasteiger partial charge in [0.05, 0.1) is 5.69 Å². The summed E-state index contributed by atoms with van der Waals surface area (Å²) in [5, 5.41) is 0.0971. The lowest BCUT2D eigenvalue weighted by atomic mass is 10.2. The zero-order valence-electron chi connectivity index (χ0n) is 14.0. The Labute approximate surface area is 159 Å². The Hall–Kier alpha value is -2.41. The first-order chi connectivity index (χ1) is 12.6. The third-order valence-electron chi connectivity index (χ3n) is 4.22. The average Bonchev–Trinajstić information content (AvgIpc) is 3.16. The van der Waals surface area contributed by atoms with Crippen LogP contribution in [-0.2, 0) is 16.1 Å². The van der Waals surface area contributed by atoms with Crippen molar-refractivity contribution in [2.75, 3.05) is 11.7 Å². The van der Waals surface area contributed by atoms with E-state index in [1.807, 2.05) is 30.3 Å². The van der Waals surface area contributed by atoms with Crippen LogP contribution in [0, 0.1) is 0 Å². The normalized spacial score (nSPS) is 16.4. The Balaban J connectivity index is 1.64. The highest BCUT2D eigenvalue weighted by Gasteiger charge is 2.38. The molecule has 5 nitrogen and oxygen atoms in total. The molecule has 2 aromatic carbocycles. The molecule has 0 N–H and O–H groups in total. The molecule has 2 aromatic rings. The quantitative estimate of drug-likeness (QED) is 0.685. The molecule has 7 heteroatoms. The van der Waals surface area contributed by atoms with Gasteiger partial charge in [0.2, 0.25) is 0 Å². The van der Waals surface area contributed by atoms with E-state index in [-0.39, 0.29) is 17.4 Å². The van der Waals surface area contributed by atoms with Crippen LogP contribution in [0.15, 0.2) is 59.1 Å². The average molecular weight is 421 g/mol. The number of hydrogen-bond donors (Lipinski definition) is 0. The van der Waals surface area contributed by atoms with Crippen molar-refractivity contribution in [3.63, 3.8) is 0 Å². The fraction of sp³-hybridized carbons (Fsp3) is 0.263. The molecule has 0 aromatic heterocycles. The van der Waals surface area contributed by atoms with Crippen molar-refractivity contribution in [1.82, 2.24) is 4.90 Å². The van der Waals surface area contributed by atoms with E-state index in [0.29, 0.717) is 19.4 Å². The molecule has 3 rings (SSSR count). The zero-order chi connectivity index (χ0) is 18.5. The van der Waals surface area contributed by atoms with Crippen molar-refractivity contribution < 1.29 is 18.8 Å². The highest BCUT2D eigenvalue weighted by Crippen LogP contribution is 2.25. The maximum Gasteiger partial charge on any atom is 0.410 e. The van der Waals surface area contributed by atoms with Gasteiger partial charge < -0.3 is 4.74 Å². The van der Waals surface area contributed by atoms with Gasteiger partial charge in [0.15, 0.2) is 0 Å². The topological polar surface area (TPSA) is 49.9 Å². The van der Waals surface area contributed by atoms with Gasteiger partial charge in [-0.2, -0.15) is 0 Å². The monoisotopic (exact) mass is 420 g/mol. The predicted molar refractivity (Wildman–Crippen MR) is 99.1 cm³/mol. The predicted octanol–water partition coefficient (Wildman–Crippen LogP) is 4.47. The third kappa shape index (κ3) is 4.22. The minimum Gasteiger partial charge on any atom is -0.445 e. The van der Waals surface area contributed by atoms with Crippen LogP contribution in [0.25, 0.3) is 0 Å². The molecular weight excluding hydrogens is 403 g/mol. The van der Waals surface area contributed by atoms with Gasteiger partial charge in [0, 0.05) is 11.0 Å². The van der Waals surface area contributed by atoms with Gasteiger partial charge in [-0.25, -0.2) is 4.79 Å². The number of rotatable bonds is 4. The highest BCUT2D eigenvalue weighted by molar-refractivity contribution is 9.10. The molecule has 1 aliphatic rings. The number of halogens is 2. The van der Waals surface area contributed by atoms with E-state index in [2.05, 4.69) is 15.9 Å². The summed E-state index contributed by atoms with van der Waals surface area (Å²) in [5.41, 5.74) is 0.979. The number of ether oxygens (including phenoxy) is 1. The molecule has 2 amide bonds.